The van der Waals surface area contributed by atoms with Crippen molar-refractivity contribution in [1.29, 1.82) is 0 Å². The maximum absolute atomic E-state index is 12.3. The van der Waals surface area contributed by atoms with Crippen LogP contribution in [0.25, 0.3) is 10.7 Å². The molecule has 2 aromatic heterocycles. The van der Waals surface area contributed by atoms with E-state index in [9.17, 15) is 4.79 Å². The van der Waals surface area contributed by atoms with Crippen molar-refractivity contribution in [3.8, 4) is 16.5 Å². The van der Waals surface area contributed by atoms with E-state index in [1.807, 2.05) is 44.4 Å². The van der Waals surface area contributed by atoms with Crippen LogP contribution in [0.5, 0.6) is 5.75 Å². The van der Waals surface area contributed by atoms with Crippen molar-refractivity contribution in [2.24, 2.45) is 0 Å². The lowest BCUT2D eigenvalue weighted by atomic mass is 10.1. The Kier molecular flexibility index (Phi) is 5.37. The molecule has 136 valence electrons. The lowest BCUT2D eigenvalue weighted by Gasteiger charge is -2.17. The molecule has 0 radical (unpaired) electrons. The maximum Gasteiger partial charge on any atom is 0.261 e. The predicted octanol–water partition coefficient (Wildman–Crippen LogP) is 3.81. The molecule has 1 aromatic carbocycles. The van der Waals surface area contributed by atoms with Crippen molar-refractivity contribution >= 4 is 17.2 Å². The zero-order valence-electron chi connectivity index (χ0n) is 15.2. The van der Waals surface area contributed by atoms with Crippen molar-refractivity contribution in [2.45, 2.75) is 40.3 Å². The molecule has 3 aromatic rings. The zero-order chi connectivity index (χ0) is 18.7. The van der Waals surface area contributed by atoms with Crippen molar-refractivity contribution in [3.63, 3.8) is 0 Å². The van der Waals surface area contributed by atoms with Crippen molar-refractivity contribution < 1.29 is 14.1 Å². The Labute approximate surface area is 156 Å². The van der Waals surface area contributed by atoms with Crippen molar-refractivity contribution in [3.05, 3.63) is 52.2 Å². The van der Waals surface area contributed by atoms with Crippen LogP contribution in [-0.2, 0) is 11.3 Å². The summed E-state index contributed by atoms with van der Waals surface area (Å²) in [5.74, 6) is 1.37. The number of aryl methyl sites for hydroxylation is 2. The van der Waals surface area contributed by atoms with Gasteiger partial charge in [0, 0.05) is 0 Å². The van der Waals surface area contributed by atoms with Gasteiger partial charge < -0.3 is 14.6 Å². The molecule has 1 atom stereocenters. The van der Waals surface area contributed by atoms with Gasteiger partial charge in [0.25, 0.3) is 5.91 Å². The number of thiophene rings is 1. The number of aromatic nitrogens is 2. The highest BCUT2D eigenvalue weighted by Gasteiger charge is 2.18. The Hall–Kier alpha value is -2.67. The summed E-state index contributed by atoms with van der Waals surface area (Å²) in [6.07, 6.45) is -0.630. The summed E-state index contributed by atoms with van der Waals surface area (Å²) in [6, 6.07) is 7.87. The molecule has 0 fully saturated rings. The standard InChI is InChI=1S/C19H21N3O3S/c1-11-8-12(2)13(3)15(9-11)24-14(4)19(23)20-10-17-21-18(22-25-17)16-6-5-7-26-16/h5-9,14H,10H2,1-4H3,(H,20,23)/t14-/m1/s1. The van der Waals surface area contributed by atoms with Gasteiger partial charge in [-0.15, -0.1) is 11.3 Å². The normalized spacial score (nSPS) is 12.0. The van der Waals surface area contributed by atoms with Crippen molar-refractivity contribution in [2.75, 3.05) is 0 Å². The first-order chi connectivity index (χ1) is 12.4. The number of nitrogens with zero attached hydrogens (tertiary/aromatic N) is 2. The molecule has 0 aliphatic carbocycles. The molecule has 7 heteroatoms. The number of hydrogen-bond donors (Lipinski definition) is 1. The Morgan fingerprint density at radius 1 is 1.35 bits per heavy atom. The van der Waals surface area contributed by atoms with Crippen LogP contribution < -0.4 is 10.1 Å². The van der Waals surface area contributed by atoms with Crippen LogP contribution in [0.1, 0.15) is 29.5 Å². The third-order valence-corrected chi connectivity index (χ3v) is 4.93. The summed E-state index contributed by atoms with van der Waals surface area (Å²) in [7, 11) is 0. The minimum Gasteiger partial charge on any atom is -0.481 e. The second-order valence-corrected chi connectivity index (χ2v) is 7.12. The van der Waals surface area contributed by atoms with E-state index in [1.54, 1.807) is 6.92 Å². The van der Waals surface area contributed by atoms with Crippen LogP contribution in [0.4, 0.5) is 0 Å². The fourth-order valence-corrected chi connectivity index (χ4v) is 3.16. The molecular formula is C19H21N3O3S. The molecule has 6 nitrogen and oxygen atoms in total. The molecular weight excluding hydrogens is 350 g/mol. The number of amides is 1. The highest BCUT2D eigenvalue weighted by Crippen LogP contribution is 2.24. The first-order valence-corrected chi connectivity index (χ1v) is 9.20. The first-order valence-electron chi connectivity index (χ1n) is 8.32. The van der Waals surface area contributed by atoms with Crippen LogP contribution in [-0.4, -0.2) is 22.2 Å². The SMILES string of the molecule is Cc1cc(C)c(C)c(O[C@H](C)C(=O)NCc2nc(-c3cccs3)no2)c1. The largest absolute Gasteiger partial charge is 0.481 e. The number of benzene rings is 1. The van der Waals surface area contributed by atoms with Crippen LogP contribution in [0.2, 0.25) is 0 Å². The third kappa shape index (κ3) is 4.11. The van der Waals surface area contributed by atoms with E-state index in [0.717, 1.165) is 27.3 Å². The minimum absolute atomic E-state index is 0.163. The Bertz CT molecular complexity index is 903. The van der Waals surface area contributed by atoms with Gasteiger partial charge in [0.15, 0.2) is 6.10 Å². The highest BCUT2D eigenvalue weighted by atomic mass is 32.1. The Morgan fingerprint density at radius 3 is 2.88 bits per heavy atom. The first kappa shape index (κ1) is 18.1. The predicted molar refractivity (Wildman–Crippen MR) is 100 cm³/mol. The van der Waals surface area contributed by atoms with Gasteiger partial charge in [-0.1, -0.05) is 17.3 Å². The van der Waals surface area contributed by atoms with Gasteiger partial charge >= 0.3 is 0 Å². The molecule has 1 N–H and O–H groups in total. The van der Waals surface area contributed by atoms with Crippen LogP contribution in [0.3, 0.4) is 0 Å². The quantitative estimate of drug-likeness (QED) is 0.713. The molecule has 3 rings (SSSR count). The molecule has 2 heterocycles. The van der Waals surface area contributed by atoms with Gasteiger partial charge in [-0.3, -0.25) is 4.79 Å². The number of hydrogen-bond acceptors (Lipinski definition) is 6. The van der Waals surface area contributed by atoms with E-state index >= 15 is 0 Å². The molecule has 0 bridgehead atoms. The fourth-order valence-electron chi connectivity index (χ4n) is 2.51. The van der Waals surface area contributed by atoms with E-state index in [1.165, 1.54) is 11.3 Å². The summed E-state index contributed by atoms with van der Waals surface area (Å²) < 4.78 is 11.0. The topological polar surface area (TPSA) is 77.2 Å². The third-order valence-electron chi connectivity index (χ3n) is 4.06. The molecule has 0 saturated heterocycles. The average Bonchev–Trinajstić information content (AvgIpc) is 3.28. The molecule has 0 saturated carbocycles. The number of nitrogens with one attached hydrogen (secondary N) is 1. The fraction of sp³-hybridized carbons (Fsp3) is 0.316. The van der Waals surface area contributed by atoms with Crippen molar-refractivity contribution in [1.82, 2.24) is 15.5 Å². The van der Waals surface area contributed by atoms with Gasteiger partial charge in [-0.05, 0) is 61.9 Å². The van der Waals surface area contributed by atoms with E-state index in [0.29, 0.717) is 11.7 Å². The maximum atomic E-state index is 12.3. The summed E-state index contributed by atoms with van der Waals surface area (Å²) in [4.78, 5) is 17.5. The smallest absolute Gasteiger partial charge is 0.261 e. The van der Waals surface area contributed by atoms with Gasteiger partial charge in [0.1, 0.15) is 5.75 Å². The number of carbonyl (C=O) groups excluding carboxylic acids is 1. The lowest BCUT2D eigenvalue weighted by Crippen LogP contribution is -2.36. The number of carbonyl (C=O) groups is 1. The van der Waals surface area contributed by atoms with Gasteiger partial charge in [0.05, 0.1) is 11.4 Å². The van der Waals surface area contributed by atoms with E-state index in [4.69, 9.17) is 9.26 Å². The van der Waals surface area contributed by atoms with E-state index in [-0.39, 0.29) is 12.5 Å². The van der Waals surface area contributed by atoms with E-state index < -0.39 is 6.10 Å². The molecule has 0 unspecified atom stereocenters. The van der Waals surface area contributed by atoms with Gasteiger partial charge in [-0.2, -0.15) is 4.98 Å². The van der Waals surface area contributed by atoms with Crippen LogP contribution in [0, 0.1) is 20.8 Å². The molecule has 0 aliphatic rings. The van der Waals surface area contributed by atoms with Gasteiger partial charge in [-0.25, -0.2) is 0 Å². The van der Waals surface area contributed by atoms with Crippen LogP contribution in [0.15, 0.2) is 34.2 Å². The zero-order valence-corrected chi connectivity index (χ0v) is 16.0. The number of rotatable bonds is 6. The Balaban J connectivity index is 1.58. The summed E-state index contributed by atoms with van der Waals surface area (Å²) in [6.45, 7) is 7.90. The van der Waals surface area contributed by atoms with Crippen LogP contribution >= 0.6 is 11.3 Å². The second kappa shape index (κ2) is 7.70. The number of ether oxygens (including phenoxy) is 1. The summed E-state index contributed by atoms with van der Waals surface area (Å²) in [5, 5.41) is 8.64. The summed E-state index contributed by atoms with van der Waals surface area (Å²) >= 11 is 1.53. The highest BCUT2D eigenvalue weighted by molar-refractivity contribution is 7.13. The molecule has 26 heavy (non-hydrogen) atoms. The molecule has 0 spiro atoms. The second-order valence-electron chi connectivity index (χ2n) is 6.17. The summed E-state index contributed by atoms with van der Waals surface area (Å²) in [5.41, 5.74) is 3.27. The molecule has 0 aliphatic heterocycles. The monoisotopic (exact) mass is 371 g/mol. The lowest BCUT2D eigenvalue weighted by molar-refractivity contribution is -0.127. The minimum atomic E-state index is -0.630. The molecule has 1 amide bonds. The Morgan fingerprint density at radius 2 is 2.15 bits per heavy atom. The van der Waals surface area contributed by atoms with E-state index in [2.05, 4.69) is 21.5 Å². The van der Waals surface area contributed by atoms with Gasteiger partial charge in [0.2, 0.25) is 11.7 Å². The average molecular weight is 371 g/mol.